The minimum atomic E-state index is -0.139. The van der Waals surface area contributed by atoms with Gasteiger partial charge in [0.25, 0.3) is 0 Å². The molecule has 0 aliphatic heterocycles. The Labute approximate surface area is 116 Å². The largest absolute Gasteiger partial charge is 3.00 e. The van der Waals surface area contributed by atoms with Crippen LogP contribution in [-0.4, -0.2) is 11.6 Å². The third-order valence-corrected chi connectivity index (χ3v) is 2.51. The number of carbonyl (C=O) groups is 2. The fourth-order valence-electron chi connectivity index (χ4n) is 1.60. The van der Waals surface area contributed by atoms with E-state index in [1.54, 1.807) is 48.5 Å². The zero-order valence-electron chi connectivity index (χ0n) is 9.63. The Hall–Kier alpha value is -1.71. The summed E-state index contributed by atoms with van der Waals surface area (Å²) in [6.07, 6.45) is -0.0754. The van der Waals surface area contributed by atoms with Crippen LogP contribution in [0.1, 0.15) is 27.1 Å². The topological polar surface area (TPSA) is 34.1 Å². The fraction of sp³-hybridized carbons (Fsp3) is 0.0667. The molecule has 0 N–H and O–H groups in total. The first-order valence-corrected chi connectivity index (χ1v) is 5.44. The molecule has 0 aromatic heterocycles. The molecule has 0 fully saturated rings. The van der Waals surface area contributed by atoms with E-state index in [9.17, 15) is 9.59 Å². The molecule has 0 spiro atoms. The molecule has 2 aromatic rings. The maximum Gasteiger partial charge on any atom is 3.00 e. The van der Waals surface area contributed by atoms with Gasteiger partial charge < -0.3 is 0 Å². The van der Waals surface area contributed by atoms with Gasteiger partial charge in [-0.05, 0) is 0 Å². The second-order valence-corrected chi connectivity index (χ2v) is 3.76. The molecule has 18 heavy (non-hydrogen) atoms. The van der Waals surface area contributed by atoms with E-state index in [4.69, 9.17) is 0 Å². The van der Waals surface area contributed by atoms with Gasteiger partial charge in [0.1, 0.15) is 0 Å². The number of benzene rings is 2. The predicted molar refractivity (Wildman–Crippen MR) is 66.2 cm³/mol. The average Bonchev–Trinajstić information content (AvgIpc) is 2.40. The van der Waals surface area contributed by atoms with E-state index < -0.39 is 0 Å². The number of hydrogen-bond donors (Lipinski definition) is 0. The monoisotopic (exact) mass is 283 g/mol. The van der Waals surface area contributed by atoms with Crippen LogP contribution in [-0.2, 0) is 16.8 Å². The average molecular weight is 283 g/mol. The standard InChI is InChI=1S/C15H12O2.Co/c16-14(12-7-3-1-4-8-12)11-15(17)13-9-5-2-6-10-13;/h1-10H,11H2;/q;+3. The Morgan fingerprint density at radius 1 is 0.667 bits per heavy atom. The van der Waals surface area contributed by atoms with Gasteiger partial charge in [0, 0.05) is 11.1 Å². The molecule has 0 saturated heterocycles. The summed E-state index contributed by atoms with van der Waals surface area (Å²) in [4.78, 5) is 23.6. The number of carbonyl (C=O) groups excluding carboxylic acids is 2. The molecule has 0 aliphatic rings. The quantitative estimate of drug-likeness (QED) is 0.638. The number of rotatable bonds is 4. The maximum atomic E-state index is 11.8. The SMILES string of the molecule is O=C(CC(=O)c1ccccc1)c1ccccc1.[Co+3]. The Bertz CT molecular complexity index is 471. The molecule has 2 aromatic carbocycles. The second-order valence-electron chi connectivity index (χ2n) is 3.76. The van der Waals surface area contributed by atoms with E-state index >= 15 is 0 Å². The van der Waals surface area contributed by atoms with E-state index in [-0.39, 0.29) is 34.8 Å². The summed E-state index contributed by atoms with van der Waals surface area (Å²) in [6, 6.07) is 17.7. The normalized spacial score (nSPS) is 9.33. The van der Waals surface area contributed by atoms with Crippen molar-refractivity contribution in [2.45, 2.75) is 6.42 Å². The van der Waals surface area contributed by atoms with Crippen molar-refractivity contribution in [3.63, 3.8) is 0 Å². The fourth-order valence-corrected chi connectivity index (χ4v) is 1.60. The number of ketones is 2. The predicted octanol–water partition coefficient (Wildman–Crippen LogP) is 3.14. The summed E-state index contributed by atoms with van der Waals surface area (Å²) < 4.78 is 0. The van der Waals surface area contributed by atoms with Crippen LogP contribution in [0.4, 0.5) is 0 Å². The van der Waals surface area contributed by atoms with Crippen molar-refractivity contribution in [3.8, 4) is 0 Å². The van der Waals surface area contributed by atoms with E-state index in [0.717, 1.165) is 0 Å². The first-order chi connectivity index (χ1) is 8.27. The molecule has 2 nitrogen and oxygen atoms in total. The summed E-state index contributed by atoms with van der Waals surface area (Å²) in [5, 5.41) is 0. The summed E-state index contributed by atoms with van der Waals surface area (Å²) in [7, 11) is 0. The summed E-state index contributed by atoms with van der Waals surface area (Å²) in [5.41, 5.74) is 1.16. The van der Waals surface area contributed by atoms with E-state index in [1.807, 2.05) is 12.1 Å². The van der Waals surface area contributed by atoms with Crippen LogP contribution in [0.25, 0.3) is 0 Å². The van der Waals surface area contributed by atoms with Crippen LogP contribution in [0.5, 0.6) is 0 Å². The van der Waals surface area contributed by atoms with Crippen molar-refractivity contribution >= 4 is 11.6 Å². The van der Waals surface area contributed by atoms with Crippen molar-refractivity contribution in [2.24, 2.45) is 0 Å². The van der Waals surface area contributed by atoms with Crippen molar-refractivity contribution in [3.05, 3.63) is 71.8 Å². The van der Waals surface area contributed by atoms with Gasteiger partial charge in [-0.3, -0.25) is 9.59 Å². The second kappa shape index (κ2) is 6.89. The minimum Gasteiger partial charge on any atom is -0.294 e. The molecule has 3 heteroatoms. The zero-order chi connectivity index (χ0) is 12.1. The van der Waals surface area contributed by atoms with Gasteiger partial charge in [0.2, 0.25) is 0 Å². The summed E-state index contributed by atoms with van der Waals surface area (Å²) in [6.45, 7) is 0. The Balaban J connectivity index is 0.00000162. The Morgan fingerprint density at radius 2 is 1.00 bits per heavy atom. The third-order valence-electron chi connectivity index (χ3n) is 2.51. The third kappa shape index (κ3) is 3.65. The van der Waals surface area contributed by atoms with Crippen LogP contribution in [0.15, 0.2) is 60.7 Å². The summed E-state index contributed by atoms with van der Waals surface area (Å²) >= 11 is 0. The molecule has 0 amide bonds. The Kier molecular flexibility index (Phi) is 5.49. The number of hydrogen-bond acceptors (Lipinski definition) is 2. The van der Waals surface area contributed by atoms with Crippen LogP contribution in [0.3, 0.4) is 0 Å². The van der Waals surface area contributed by atoms with Crippen LogP contribution >= 0.6 is 0 Å². The molecular weight excluding hydrogens is 271 g/mol. The molecule has 0 radical (unpaired) electrons. The molecule has 0 unspecified atom stereocenters. The van der Waals surface area contributed by atoms with Gasteiger partial charge >= 0.3 is 16.8 Å². The first-order valence-electron chi connectivity index (χ1n) is 5.44. The molecule has 0 atom stereocenters. The van der Waals surface area contributed by atoms with Gasteiger partial charge in [0.15, 0.2) is 11.6 Å². The van der Waals surface area contributed by atoms with Crippen LogP contribution < -0.4 is 0 Å². The molecular formula is C15H12CoO2+3. The molecule has 2 rings (SSSR count). The van der Waals surface area contributed by atoms with E-state index in [1.165, 1.54) is 0 Å². The Morgan fingerprint density at radius 3 is 1.33 bits per heavy atom. The van der Waals surface area contributed by atoms with Crippen molar-refractivity contribution < 1.29 is 26.4 Å². The van der Waals surface area contributed by atoms with Crippen molar-refractivity contribution in [2.75, 3.05) is 0 Å². The van der Waals surface area contributed by atoms with Gasteiger partial charge in [-0.25, -0.2) is 0 Å². The van der Waals surface area contributed by atoms with E-state index in [2.05, 4.69) is 0 Å². The van der Waals surface area contributed by atoms with Gasteiger partial charge in [-0.2, -0.15) is 0 Å². The molecule has 0 heterocycles. The van der Waals surface area contributed by atoms with Crippen molar-refractivity contribution in [1.29, 1.82) is 0 Å². The summed E-state index contributed by atoms with van der Waals surface area (Å²) in [5.74, 6) is -0.279. The molecule has 0 aliphatic carbocycles. The van der Waals surface area contributed by atoms with Gasteiger partial charge in [-0.15, -0.1) is 0 Å². The minimum absolute atomic E-state index is 0. The van der Waals surface area contributed by atoms with Gasteiger partial charge in [-0.1, -0.05) is 60.7 Å². The number of Topliss-reactive ketones (excluding diaryl/α,β-unsaturated/α-hetero) is 2. The molecule has 0 bridgehead atoms. The molecule has 0 saturated carbocycles. The maximum absolute atomic E-state index is 11.8. The van der Waals surface area contributed by atoms with Gasteiger partial charge in [0.05, 0.1) is 6.42 Å². The van der Waals surface area contributed by atoms with Crippen molar-refractivity contribution in [1.82, 2.24) is 0 Å². The smallest absolute Gasteiger partial charge is 0.294 e. The first kappa shape index (κ1) is 14.3. The van der Waals surface area contributed by atoms with Crippen LogP contribution in [0, 0.1) is 0 Å². The van der Waals surface area contributed by atoms with E-state index in [0.29, 0.717) is 11.1 Å². The zero-order valence-corrected chi connectivity index (χ0v) is 10.7. The van der Waals surface area contributed by atoms with Crippen LogP contribution in [0.2, 0.25) is 0 Å². The molecule has 90 valence electrons.